The summed E-state index contributed by atoms with van der Waals surface area (Å²) in [4.78, 5) is 40.4. The quantitative estimate of drug-likeness (QED) is 0.210. The Morgan fingerprint density at radius 2 is 1.76 bits per heavy atom. The summed E-state index contributed by atoms with van der Waals surface area (Å²) in [5.74, 6) is 0.724. The van der Waals surface area contributed by atoms with E-state index in [1.165, 1.54) is 44.4 Å². The normalized spacial score (nSPS) is 14.5. The number of benzene rings is 2. The molecule has 0 fully saturated rings. The molecule has 2 amide bonds. The maximum Gasteiger partial charge on any atom is 0.341 e. The number of hydrogen-bond acceptors (Lipinski definition) is 8. The number of methoxy groups -OCH3 is 3. The van der Waals surface area contributed by atoms with Gasteiger partial charge in [0.25, 0.3) is 5.91 Å². The molecule has 3 aromatic rings. The number of esters is 1. The van der Waals surface area contributed by atoms with Gasteiger partial charge in [-0.15, -0.1) is 23.1 Å². The van der Waals surface area contributed by atoms with Crippen LogP contribution in [0.25, 0.3) is 0 Å². The molecule has 0 bridgehead atoms. The summed E-state index contributed by atoms with van der Waals surface area (Å²) in [6, 6.07) is 12.2. The Labute approximate surface area is 249 Å². The van der Waals surface area contributed by atoms with Gasteiger partial charge in [0.15, 0.2) is 11.5 Å². The lowest BCUT2D eigenvalue weighted by Crippen LogP contribution is -2.26. The Morgan fingerprint density at radius 1 is 1.00 bits per heavy atom. The number of rotatable bonds is 9. The van der Waals surface area contributed by atoms with Gasteiger partial charge in [0.05, 0.1) is 32.6 Å². The van der Waals surface area contributed by atoms with E-state index in [-0.39, 0.29) is 23.0 Å². The molecule has 2 aromatic carbocycles. The van der Waals surface area contributed by atoms with Gasteiger partial charge in [0, 0.05) is 21.0 Å². The third kappa shape index (κ3) is 7.23. The van der Waals surface area contributed by atoms with E-state index in [2.05, 4.69) is 31.4 Å². The van der Waals surface area contributed by atoms with Crippen LogP contribution in [0.2, 0.25) is 0 Å². The standard InChI is InChI=1S/C31H36N2O6S2/c1-31(2,3)19-11-12-22-25(15-19)41-29(27(22)30(36)39-6)33-26(34)17-40-21-9-7-8-20(16-21)32-28(35)18-10-13-23(37-4)24(14-18)38-5/h7-10,13-14,16,19H,11-12,15,17H2,1-6H3,(H,32,35)(H,33,34). The van der Waals surface area contributed by atoms with Crippen LogP contribution in [0.15, 0.2) is 47.4 Å². The molecule has 1 aliphatic rings. The molecule has 41 heavy (non-hydrogen) atoms. The van der Waals surface area contributed by atoms with E-state index in [0.29, 0.717) is 39.2 Å². The van der Waals surface area contributed by atoms with Crippen LogP contribution in [-0.4, -0.2) is 44.9 Å². The first-order chi connectivity index (χ1) is 19.5. The third-order valence-corrected chi connectivity index (χ3v) is 9.40. The lowest BCUT2D eigenvalue weighted by molar-refractivity contribution is -0.113. The van der Waals surface area contributed by atoms with Gasteiger partial charge in [-0.05, 0) is 72.6 Å². The predicted octanol–water partition coefficient (Wildman–Crippen LogP) is 6.69. The van der Waals surface area contributed by atoms with Crippen molar-refractivity contribution in [1.82, 2.24) is 0 Å². The molecule has 0 aliphatic heterocycles. The summed E-state index contributed by atoms with van der Waals surface area (Å²) in [7, 11) is 4.42. The number of thioether (sulfide) groups is 1. The molecule has 0 saturated heterocycles. The molecule has 0 saturated carbocycles. The second-order valence-corrected chi connectivity index (χ2v) is 13.0. The second kappa shape index (κ2) is 13.0. The van der Waals surface area contributed by atoms with E-state index in [4.69, 9.17) is 14.2 Å². The molecule has 1 aliphatic carbocycles. The van der Waals surface area contributed by atoms with Gasteiger partial charge in [-0.3, -0.25) is 9.59 Å². The molecule has 1 heterocycles. The summed E-state index contributed by atoms with van der Waals surface area (Å²) in [6.45, 7) is 6.73. The van der Waals surface area contributed by atoms with Crippen molar-refractivity contribution in [3.63, 3.8) is 0 Å². The van der Waals surface area contributed by atoms with Crippen LogP contribution < -0.4 is 20.1 Å². The number of fused-ring (bicyclic) bond motifs is 1. The topological polar surface area (TPSA) is 103 Å². The van der Waals surface area contributed by atoms with Gasteiger partial charge in [-0.2, -0.15) is 0 Å². The van der Waals surface area contributed by atoms with Crippen LogP contribution in [0.4, 0.5) is 10.7 Å². The van der Waals surface area contributed by atoms with Crippen molar-refractivity contribution >= 4 is 51.6 Å². The molecule has 10 heteroatoms. The van der Waals surface area contributed by atoms with Gasteiger partial charge >= 0.3 is 5.97 Å². The summed E-state index contributed by atoms with van der Waals surface area (Å²) in [5.41, 5.74) is 2.68. The number of hydrogen-bond donors (Lipinski definition) is 2. The van der Waals surface area contributed by atoms with Crippen LogP contribution >= 0.6 is 23.1 Å². The predicted molar refractivity (Wildman–Crippen MR) is 164 cm³/mol. The number of carbonyl (C=O) groups is 3. The van der Waals surface area contributed by atoms with Crippen molar-refractivity contribution in [2.45, 2.75) is 44.9 Å². The van der Waals surface area contributed by atoms with Crippen molar-refractivity contribution in [3.8, 4) is 11.5 Å². The first kappa shape index (κ1) is 30.5. The van der Waals surface area contributed by atoms with Crippen molar-refractivity contribution in [2.24, 2.45) is 11.3 Å². The molecular formula is C31H36N2O6S2. The molecule has 1 aromatic heterocycles. The van der Waals surface area contributed by atoms with Gasteiger partial charge < -0.3 is 24.8 Å². The minimum Gasteiger partial charge on any atom is -0.493 e. The Bertz CT molecular complexity index is 1440. The van der Waals surface area contributed by atoms with Crippen molar-refractivity contribution < 1.29 is 28.6 Å². The zero-order valence-corrected chi connectivity index (χ0v) is 25.8. The van der Waals surface area contributed by atoms with Crippen LogP contribution in [0.1, 0.15) is 58.3 Å². The molecule has 2 N–H and O–H groups in total. The van der Waals surface area contributed by atoms with Crippen molar-refractivity contribution in [1.29, 1.82) is 0 Å². The Kier molecular flexibility index (Phi) is 9.65. The van der Waals surface area contributed by atoms with E-state index < -0.39 is 5.97 Å². The molecule has 1 atom stereocenters. The van der Waals surface area contributed by atoms with Crippen molar-refractivity contribution in [2.75, 3.05) is 37.7 Å². The molecule has 4 rings (SSSR count). The molecule has 0 radical (unpaired) electrons. The summed E-state index contributed by atoms with van der Waals surface area (Å²) in [6.07, 6.45) is 2.68. The minimum atomic E-state index is -0.419. The van der Waals surface area contributed by atoms with Crippen LogP contribution in [0.3, 0.4) is 0 Å². The molecule has 8 nitrogen and oxygen atoms in total. The number of nitrogens with one attached hydrogen (secondary N) is 2. The fourth-order valence-corrected chi connectivity index (χ4v) is 6.97. The lowest BCUT2D eigenvalue weighted by Gasteiger charge is -2.33. The molecule has 218 valence electrons. The highest BCUT2D eigenvalue weighted by Gasteiger charge is 2.34. The van der Waals surface area contributed by atoms with Crippen molar-refractivity contribution in [3.05, 3.63) is 64.0 Å². The van der Waals surface area contributed by atoms with Crippen LogP contribution in [0, 0.1) is 11.3 Å². The highest BCUT2D eigenvalue weighted by Crippen LogP contribution is 2.44. The SMILES string of the molecule is COC(=O)c1c(NC(=O)CSc2cccc(NC(=O)c3ccc(OC)c(OC)c3)c2)sc2c1CCC(C(C)(C)C)C2. The van der Waals surface area contributed by atoms with E-state index in [9.17, 15) is 14.4 Å². The molecular weight excluding hydrogens is 560 g/mol. The summed E-state index contributed by atoms with van der Waals surface area (Å²) in [5, 5.41) is 6.40. The largest absolute Gasteiger partial charge is 0.493 e. The van der Waals surface area contributed by atoms with Crippen LogP contribution in [-0.2, 0) is 22.4 Å². The first-order valence-electron chi connectivity index (χ1n) is 13.3. The Hall–Kier alpha value is -3.50. The number of ether oxygens (including phenoxy) is 3. The molecule has 1 unspecified atom stereocenters. The fraction of sp³-hybridized carbons (Fsp3) is 0.387. The van der Waals surface area contributed by atoms with Gasteiger partial charge in [-0.1, -0.05) is 26.8 Å². The first-order valence-corrected chi connectivity index (χ1v) is 15.1. The van der Waals surface area contributed by atoms with E-state index in [1.54, 1.807) is 24.3 Å². The maximum absolute atomic E-state index is 13.0. The third-order valence-electron chi connectivity index (χ3n) is 7.24. The molecule has 0 spiro atoms. The lowest BCUT2D eigenvalue weighted by atomic mass is 9.72. The summed E-state index contributed by atoms with van der Waals surface area (Å²) < 4.78 is 15.6. The smallest absolute Gasteiger partial charge is 0.341 e. The zero-order valence-electron chi connectivity index (χ0n) is 24.2. The monoisotopic (exact) mass is 596 g/mol. The average molecular weight is 597 g/mol. The Balaban J connectivity index is 1.41. The van der Waals surface area contributed by atoms with Gasteiger partial charge in [-0.25, -0.2) is 4.79 Å². The number of amides is 2. The zero-order chi connectivity index (χ0) is 29.7. The Morgan fingerprint density at radius 3 is 2.44 bits per heavy atom. The fourth-order valence-electron chi connectivity index (χ4n) is 4.89. The summed E-state index contributed by atoms with van der Waals surface area (Å²) >= 11 is 2.82. The minimum absolute atomic E-state index is 0.140. The average Bonchev–Trinajstić information content (AvgIpc) is 3.31. The van der Waals surface area contributed by atoms with Gasteiger partial charge in [0.2, 0.25) is 5.91 Å². The number of anilines is 2. The van der Waals surface area contributed by atoms with E-state index in [0.717, 1.165) is 34.6 Å². The number of carbonyl (C=O) groups excluding carboxylic acids is 3. The van der Waals surface area contributed by atoms with Gasteiger partial charge in [0.1, 0.15) is 5.00 Å². The second-order valence-electron chi connectivity index (χ2n) is 10.9. The number of thiophene rings is 1. The van der Waals surface area contributed by atoms with Crippen LogP contribution in [0.5, 0.6) is 11.5 Å². The highest BCUT2D eigenvalue weighted by molar-refractivity contribution is 8.00. The van der Waals surface area contributed by atoms with E-state index >= 15 is 0 Å². The highest BCUT2D eigenvalue weighted by atomic mass is 32.2. The van der Waals surface area contributed by atoms with E-state index in [1.807, 2.05) is 18.2 Å². The maximum atomic E-state index is 13.0.